The van der Waals surface area contributed by atoms with Crippen molar-refractivity contribution >= 4 is 21.6 Å². The third-order valence-corrected chi connectivity index (χ3v) is 5.41. The summed E-state index contributed by atoms with van der Waals surface area (Å²) in [4.78, 5) is 10.7. The molecule has 2 aliphatic rings. The van der Waals surface area contributed by atoms with Gasteiger partial charge < -0.3 is 9.84 Å². The topological polar surface area (TPSA) is 72.6 Å². The summed E-state index contributed by atoms with van der Waals surface area (Å²) < 4.78 is 6.59. The van der Waals surface area contributed by atoms with Gasteiger partial charge in [-0.2, -0.15) is 0 Å². The molecule has 1 spiro atoms. The average molecular weight is 356 g/mol. The van der Waals surface area contributed by atoms with Crippen LogP contribution in [0.25, 0.3) is 0 Å². The predicted octanol–water partition coefficient (Wildman–Crippen LogP) is 3.82. The van der Waals surface area contributed by atoms with E-state index in [1.807, 2.05) is 0 Å². The fraction of sp³-hybridized carbons (Fsp3) is 0.600. The lowest BCUT2D eigenvalue weighted by atomic mass is 9.56. The Hall–Kier alpha value is -1.14. The summed E-state index contributed by atoms with van der Waals surface area (Å²) >= 11 is 3.24. The first-order chi connectivity index (χ1) is 10.0. The molecule has 2 atom stereocenters. The number of aliphatic hydroxyl groups is 1. The van der Waals surface area contributed by atoms with E-state index in [0.29, 0.717) is 16.6 Å². The number of benzene rings is 1. The molecule has 2 saturated carbocycles. The van der Waals surface area contributed by atoms with E-state index < -0.39 is 4.92 Å². The lowest BCUT2D eigenvalue weighted by molar-refractivity contribution is -0.386. The smallest absolute Gasteiger partial charge is 0.312 e. The molecule has 1 N–H and O–H groups in total. The van der Waals surface area contributed by atoms with Crippen molar-refractivity contribution in [2.45, 2.75) is 50.7 Å². The van der Waals surface area contributed by atoms with Gasteiger partial charge in [-0.3, -0.25) is 10.1 Å². The Bertz CT molecular complexity index is 557. The summed E-state index contributed by atoms with van der Waals surface area (Å²) in [5.41, 5.74) is -0.226. The molecule has 0 aliphatic heterocycles. The number of rotatable bonds is 3. The number of aliphatic hydroxyl groups excluding tert-OH is 1. The lowest BCUT2D eigenvalue weighted by Crippen LogP contribution is -2.60. The number of hydrogen-bond donors (Lipinski definition) is 1. The van der Waals surface area contributed by atoms with Crippen LogP contribution in [0.3, 0.4) is 0 Å². The lowest BCUT2D eigenvalue weighted by Gasteiger charge is -2.54. The van der Waals surface area contributed by atoms with Gasteiger partial charge in [0, 0.05) is 22.4 Å². The van der Waals surface area contributed by atoms with Crippen LogP contribution < -0.4 is 4.74 Å². The molecule has 5 nitrogen and oxygen atoms in total. The number of halogens is 1. The monoisotopic (exact) mass is 355 g/mol. The standard InChI is InChI=1S/C15H18BrNO4/c16-10-4-5-12(11(8-10)17(19)20)21-14-9-13(18)15(14)6-2-1-3-7-15/h4-5,8,13-14,18H,1-3,6-7,9H2. The SMILES string of the molecule is O=[N+]([O-])c1cc(Br)ccc1OC1CC(O)C12CCCCC2. The van der Waals surface area contributed by atoms with Crippen LogP contribution in [0.4, 0.5) is 5.69 Å². The maximum Gasteiger partial charge on any atom is 0.312 e. The summed E-state index contributed by atoms with van der Waals surface area (Å²) in [7, 11) is 0. The van der Waals surface area contributed by atoms with Gasteiger partial charge in [-0.25, -0.2) is 0 Å². The van der Waals surface area contributed by atoms with E-state index in [1.165, 1.54) is 12.5 Å². The van der Waals surface area contributed by atoms with Crippen LogP contribution in [-0.4, -0.2) is 22.2 Å². The van der Waals surface area contributed by atoms with Crippen LogP contribution in [0.2, 0.25) is 0 Å². The van der Waals surface area contributed by atoms with Crippen molar-refractivity contribution in [2.75, 3.05) is 0 Å². The average Bonchev–Trinajstić information content (AvgIpc) is 2.49. The summed E-state index contributed by atoms with van der Waals surface area (Å²) in [6.07, 6.45) is 5.39. The van der Waals surface area contributed by atoms with Gasteiger partial charge in [-0.15, -0.1) is 0 Å². The highest BCUT2D eigenvalue weighted by molar-refractivity contribution is 9.10. The van der Waals surface area contributed by atoms with E-state index in [1.54, 1.807) is 12.1 Å². The number of ether oxygens (including phenoxy) is 1. The molecule has 0 radical (unpaired) electrons. The molecule has 2 aliphatic carbocycles. The number of hydrogen-bond acceptors (Lipinski definition) is 4. The molecule has 1 aromatic carbocycles. The molecule has 0 saturated heterocycles. The van der Waals surface area contributed by atoms with Crippen LogP contribution >= 0.6 is 15.9 Å². The Morgan fingerprint density at radius 1 is 1.33 bits per heavy atom. The van der Waals surface area contributed by atoms with Crippen LogP contribution in [0, 0.1) is 15.5 Å². The van der Waals surface area contributed by atoms with Gasteiger partial charge in [-0.05, 0) is 25.0 Å². The quantitative estimate of drug-likeness (QED) is 0.660. The molecular weight excluding hydrogens is 338 g/mol. The van der Waals surface area contributed by atoms with Gasteiger partial charge >= 0.3 is 5.69 Å². The minimum atomic E-state index is -0.428. The van der Waals surface area contributed by atoms with Gasteiger partial charge in [-0.1, -0.05) is 35.2 Å². The molecule has 0 heterocycles. The van der Waals surface area contributed by atoms with Gasteiger partial charge in [0.15, 0.2) is 5.75 Å². The highest BCUT2D eigenvalue weighted by atomic mass is 79.9. The molecule has 0 amide bonds. The van der Waals surface area contributed by atoms with Crippen molar-refractivity contribution in [1.29, 1.82) is 0 Å². The second-order valence-corrected chi connectivity index (χ2v) is 6.94. The van der Waals surface area contributed by atoms with Crippen LogP contribution in [0.1, 0.15) is 38.5 Å². The molecule has 0 aromatic heterocycles. The number of nitrogens with zero attached hydrogens (tertiary/aromatic N) is 1. The number of nitro groups is 1. The number of nitro benzene ring substituents is 1. The highest BCUT2D eigenvalue weighted by Gasteiger charge is 2.56. The first-order valence-corrected chi connectivity index (χ1v) is 8.11. The van der Waals surface area contributed by atoms with Crippen molar-refractivity contribution in [1.82, 2.24) is 0 Å². The fourth-order valence-corrected chi connectivity index (χ4v) is 3.99. The highest BCUT2D eigenvalue weighted by Crippen LogP contribution is 2.53. The van der Waals surface area contributed by atoms with Crippen molar-refractivity contribution in [3.63, 3.8) is 0 Å². The van der Waals surface area contributed by atoms with E-state index in [-0.39, 0.29) is 23.3 Å². The van der Waals surface area contributed by atoms with Gasteiger partial charge in [0.25, 0.3) is 0 Å². The third-order valence-electron chi connectivity index (χ3n) is 4.91. The van der Waals surface area contributed by atoms with Crippen molar-refractivity contribution in [3.8, 4) is 5.75 Å². The zero-order valence-corrected chi connectivity index (χ0v) is 13.2. The second-order valence-electron chi connectivity index (χ2n) is 6.02. The van der Waals surface area contributed by atoms with Crippen LogP contribution in [-0.2, 0) is 0 Å². The Kier molecular flexibility index (Phi) is 3.92. The Labute approximate surface area is 131 Å². The predicted molar refractivity (Wildman–Crippen MR) is 81.4 cm³/mol. The van der Waals surface area contributed by atoms with E-state index in [0.717, 1.165) is 25.7 Å². The summed E-state index contributed by atoms with van der Waals surface area (Å²) in [5.74, 6) is 0.296. The van der Waals surface area contributed by atoms with Crippen LogP contribution in [0.15, 0.2) is 22.7 Å². The fourth-order valence-electron chi connectivity index (χ4n) is 3.64. The second kappa shape index (κ2) is 5.57. The minimum absolute atomic E-state index is 0.0308. The Morgan fingerprint density at radius 2 is 2.05 bits per heavy atom. The molecule has 2 fully saturated rings. The van der Waals surface area contributed by atoms with Crippen molar-refractivity contribution in [2.24, 2.45) is 5.41 Å². The maximum absolute atomic E-state index is 11.1. The first-order valence-electron chi connectivity index (χ1n) is 7.31. The maximum atomic E-state index is 11.1. The summed E-state index contributed by atoms with van der Waals surface area (Å²) in [5, 5.41) is 21.3. The van der Waals surface area contributed by atoms with Gasteiger partial charge in [0.2, 0.25) is 0 Å². The first kappa shape index (κ1) is 14.8. The van der Waals surface area contributed by atoms with Crippen LogP contribution in [0.5, 0.6) is 5.75 Å². The Balaban J connectivity index is 1.82. The van der Waals surface area contributed by atoms with E-state index in [4.69, 9.17) is 4.74 Å². The molecule has 3 rings (SSSR count). The molecule has 21 heavy (non-hydrogen) atoms. The molecular formula is C15H18BrNO4. The molecule has 6 heteroatoms. The Morgan fingerprint density at radius 3 is 2.67 bits per heavy atom. The minimum Gasteiger partial charge on any atom is -0.483 e. The van der Waals surface area contributed by atoms with E-state index in [9.17, 15) is 15.2 Å². The van der Waals surface area contributed by atoms with Crippen molar-refractivity contribution in [3.05, 3.63) is 32.8 Å². The molecule has 114 valence electrons. The van der Waals surface area contributed by atoms with Crippen molar-refractivity contribution < 1.29 is 14.8 Å². The van der Waals surface area contributed by atoms with Gasteiger partial charge in [0.1, 0.15) is 6.10 Å². The molecule has 1 aromatic rings. The zero-order valence-electron chi connectivity index (χ0n) is 11.6. The van der Waals surface area contributed by atoms with Gasteiger partial charge in [0.05, 0.1) is 11.0 Å². The normalized spacial score (nSPS) is 27.1. The molecule has 0 bridgehead atoms. The van der Waals surface area contributed by atoms with E-state index in [2.05, 4.69) is 15.9 Å². The van der Waals surface area contributed by atoms with E-state index >= 15 is 0 Å². The zero-order chi connectivity index (χ0) is 15.0. The summed E-state index contributed by atoms with van der Waals surface area (Å²) in [6, 6.07) is 4.83. The third kappa shape index (κ3) is 2.55. The summed E-state index contributed by atoms with van der Waals surface area (Å²) in [6.45, 7) is 0. The molecule has 2 unspecified atom stereocenters. The largest absolute Gasteiger partial charge is 0.483 e.